The number of hydrogen-bond acceptors (Lipinski definition) is 7. The Balaban J connectivity index is 4.90. The van der Waals surface area contributed by atoms with Gasteiger partial charge in [-0.05, 0) is 20.8 Å². The Bertz CT molecular complexity index is 449. The molecule has 0 rings (SSSR count). The van der Waals surface area contributed by atoms with Crippen molar-refractivity contribution in [2.75, 3.05) is 26.4 Å². The first kappa shape index (κ1) is 20.9. The first-order valence-electron chi connectivity index (χ1n) is 7.07. The summed E-state index contributed by atoms with van der Waals surface area (Å²) in [4.78, 5) is 35.2. The molecule has 0 aromatic heterocycles. The second kappa shape index (κ2) is 9.78. The molecule has 0 saturated heterocycles. The fraction of sp³-hybridized carbons (Fsp3) is 0.562. The van der Waals surface area contributed by atoms with Crippen molar-refractivity contribution < 1.29 is 33.7 Å². The van der Waals surface area contributed by atoms with Gasteiger partial charge in [0.1, 0.15) is 18.6 Å². The lowest BCUT2D eigenvalue weighted by molar-refractivity contribution is -0.168. The third-order valence-electron chi connectivity index (χ3n) is 2.77. The van der Waals surface area contributed by atoms with Crippen LogP contribution < -0.4 is 0 Å². The van der Waals surface area contributed by atoms with Gasteiger partial charge in [-0.2, -0.15) is 0 Å². The van der Waals surface area contributed by atoms with Crippen LogP contribution in [0.3, 0.4) is 0 Å². The van der Waals surface area contributed by atoms with Gasteiger partial charge in [-0.1, -0.05) is 13.2 Å². The SMILES string of the molecule is C=C(C)C(=O)OCC(C)(COC(=O)C(=C)C)C(=O)OCCCO. The normalized spacial score (nSPS) is 10.6. The Kier molecular flexibility index (Phi) is 8.87. The second-order valence-electron chi connectivity index (χ2n) is 5.49. The quantitative estimate of drug-likeness (QED) is 0.278. The summed E-state index contributed by atoms with van der Waals surface area (Å²) in [7, 11) is 0. The molecule has 0 aliphatic heterocycles. The molecule has 0 atom stereocenters. The summed E-state index contributed by atoms with van der Waals surface area (Å²) in [6, 6.07) is 0. The zero-order valence-corrected chi connectivity index (χ0v) is 13.8. The van der Waals surface area contributed by atoms with Crippen LogP contribution in [0, 0.1) is 5.41 Å². The number of carbonyl (C=O) groups is 3. The van der Waals surface area contributed by atoms with Gasteiger partial charge in [0.05, 0.1) is 6.61 Å². The van der Waals surface area contributed by atoms with Crippen LogP contribution in [0.1, 0.15) is 27.2 Å². The summed E-state index contributed by atoms with van der Waals surface area (Å²) in [5, 5.41) is 8.71. The van der Waals surface area contributed by atoms with Gasteiger partial charge in [0, 0.05) is 24.2 Å². The third kappa shape index (κ3) is 7.60. The molecule has 0 amide bonds. The van der Waals surface area contributed by atoms with Crippen LogP contribution >= 0.6 is 0 Å². The number of esters is 3. The highest BCUT2D eigenvalue weighted by atomic mass is 16.6. The van der Waals surface area contributed by atoms with Gasteiger partial charge < -0.3 is 19.3 Å². The fourth-order valence-electron chi connectivity index (χ4n) is 1.26. The summed E-state index contributed by atoms with van der Waals surface area (Å²) >= 11 is 0. The summed E-state index contributed by atoms with van der Waals surface area (Å²) < 4.78 is 15.0. The third-order valence-corrected chi connectivity index (χ3v) is 2.77. The van der Waals surface area contributed by atoms with Crippen LogP contribution in [0.2, 0.25) is 0 Å². The Morgan fingerprint density at radius 2 is 1.39 bits per heavy atom. The average Bonchev–Trinajstić information content (AvgIpc) is 2.49. The second-order valence-corrected chi connectivity index (χ2v) is 5.49. The highest BCUT2D eigenvalue weighted by Gasteiger charge is 2.38. The van der Waals surface area contributed by atoms with Crippen LogP contribution in [-0.4, -0.2) is 49.4 Å². The molecule has 7 nitrogen and oxygen atoms in total. The first-order valence-corrected chi connectivity index (χ1v) is 7.07. The molecule has 7 heteroatoms. The van der Waals surface area contributed by atoms with Crippen molar-refractivity contribution in [1.82, 2.24) is 0 Å². The lowest BCUT2D eigenvalue weighted by atomic mass is 9.93. The zero-order valence-electron chi connectivity index (χ0n) is 13.8. The Morgan fingerprint density at radius 1 is 0.957 bits per heavy atom. The highest BCUT2D eigenvalue weighted by Crippen LogP contribution is 2.21. The van der Waals surface area contributed by atoms with Gasteiger partial charge in [-0.25, -0.2) is 9.59 Å². The zero-order chi connectivity index (χ0) is 18.0. The molecule has 0 aromatic carbocycles. The summed E-state index contributed by atoms with van der Waals surface area (Å²) in [6.07, 6.45) is 0.277. The molecular weight excluding hydrogens is 304 g/mol. The minimum absolute atomic E-state index is 0.00773. The van der Waals surface area contributed by atoms with E-state index >= 15 is 0 Å². The number of carbonyl (C=O) groups excluding carboxylic acids is 3. The van der Waals surface area contributed by atoms with Crippen molar-refractivity contribution in [2.24, 2.45) is 5.41 Å². The molecule has 0 unspecified atom stereocenters. The Labute approximate surface area is 135 Å². The van der Waals surface area contributed by atoms with Gasteiger partial charge in [0.15, 0.2) is 0 Å². The lowest BCUT2D eigenvalue weighted by Crippen LogP contribution is -2.40. The standard InChI is InChI=1S/C16H24O7/c1-11(2)13(18)22-9-16(5,10-23-14(19)12(3)4)15(20)21-8-6-7-17/h17H,1,3,6-10H2,2,4-5H3. The van der Waals surface area contributed by atoms with E-state index in [-0.39, 0.29) is 44.0 Å². The number of rotatable bonds is 10. The molecule has 0 heterocycles. The summed E-state index contributed by atoms with van der Waals surface area (Å²) in [6.45, 7) is 10.5. The molecule has 0 aromatic rings. The maximum atomic E-state index is 12.2. The van der Waals surface area contributed by atoms with Crippen molar-refractivity contribution in [3.05, 3.63) is 24.3 Å². The van der Waals surface area contributed by atoms with E-state index < -0.39 is 23.3 Å². The maximum absolute atomic E-state index is 12.2. The molecule has 0 aliphatic carbocycles. The van der Waals surface area contributed by atoms with E-state index in [2.05, 4.69) is 13.2 Å². The number of aliphatic hydroxyl groups is 1. The van der Waals surface area contributed by atoms with Gasteiger partial charge in [-0.3, -0.25) is 4.79 Å². The number of ether oxygens (including phenoxy) is 3. The van der Waals surface area contributed by atoms with Crippen molar-refractivity contribution in [3.8, 4) is 0 Å². The predicted molar refractivity (Wildman–Crippen MR) is 82.3 cm³/mol. The van der Waals surface area contributed by atoms with Crippen LogP contribution in [0.15, 0.2) is 24.3 Å². The van der Waals surface area contributed by atoms with E-state index in [1.165, 1.54) is 20.8 Å². The molecule has 23 heavy (non-hydrogen) atoms. The van der Waals surface area contributed by atoms with E-state index in [1.54, 1.807) is 0 Å². The van der Waals surface area contributed by atoms with Crippen LogP contribution in [-0.2, 0) is 28.6 Å². The van der Waals surface area contributed by atoms with Gasteiger partial charge in [0.25, 0.3) is 0 Å². The van der Waals surface area contributed by atoms with Crippen molar-refractivity contribution in [3.63, 3.8) is 0 Å². The highest BCUT2D eigenvalue weighted by molar-refractivity contribution is 5.88. The fourth-order valence-corrected chi connectivity index (χ4v) is 1.26. The van der Waals surface area contributed by atoms with E-state index in [4.69, 9.17) is 19.3 Å². The van der Waals surface area contributed by atoms with Gasteiger partial charge in [-0.15, -0.1) is 0 Å². The first-order chi connectivity index (χ1) is 10.6. The predicted octanol–water partition coefficient (Wildman–Crippen LogP) is 1.16. The Morgan fingerprint density at radius 3 is 1.74 bits per heavy atom. The van der Waals surface area contributed by atoms with Crippen molar-refractivity contribution >= 4 is 17.9 Å². The molecule has 0 radical (unpaired) electrons. The minimum atomic E-state index is -1.37. The molecule has 0 saturated carbocycles. The van der Waals surface area contributed by atoms with E-state index in [1.807, 2.05) is 0 Å². The van der Waals surface area contributed by atoms with Crippen LogP contribution in [0.5, 0.6) is 0 Å². The van der Waals surface area contributed by atoms with Crippen LogP contribution in [0.4, 0.5) is 0 Å². The molecule has 130 valence electrons. The van der Waals surface area contributed by atoms with Crippen molar-refractivity contribution in [2.45, 2.75) is 27.2 Å². The number of aliphatic hydroxyl groups excluding tert-OH is 1. The molecule has 0 aliphatic rings. The van der Waals surface area contributed by atoms with Crippen molar-refractivity contribution in [1.29, 1.82) is 0 Å². The van der Waals surface area contributed by atoms with Crippen LogP contribution in [0.25, 0.3) is 0 Å². The maximum Gasteiger partial charge on any atom is 0.333 e. The summed E-state index contributed by atoms with van der Waals surface area (Å²) in [5.74, 6) is -2.02. The monoisotopic (exact) mass is 328 g/mol. The Hall–Kier alpha value is -2.15. The van der Waals surface area contributed by atoms with Gasteiger partial charge >= 0.3 is 17.9 Å². The molecule has 1 N–H and O–H groups in total. The lowest BCUT2D eigenvalue weighted by Gasteiger charge is -2.26. The molecular formula is C16H24O7. The largest absolute Gasteiger partial charge is 0.465 e. The van der Waals surface area contributed by atoms with Gasteiger partial charge in [0.2, 0.25) is 0 Å². The number of hydrogen-bond donors (Lipinski definition) is 1. The molecule has 0 bridgehead atoms. The van der Waals surface area contributed by atoms with E-state index in [0.29, 0.717) is 0 Å². The minimum Gasteiger partial charge on any atom is -0.465 e. The topological polar surface area (TPSA) is 99.1 Å². The summed E-state index contributed by atoms with van der Waals surface area (Å²) in [5.41, 5.74) is -1.01. The smallest absolute Gasteiger partial charge is 0.333 e. The van der Waals surface area contributed by atoms with E-state index in [0.717, 1.165) is 0 Å². The molecule has 0 spiro atoms. The molecule has 0 fully saturated rings. The average molecular weight is 328 g/mol. The van der Waals surface area contributed by atoms with E-state index in [9.17, 15) is 14.4 Å².